The van der Waals surface area contributed by atoms with Gasteiger partial charge >= 0.3 is 0 Å². The van der Waals surface area contributed by atoms with Gasteiger partial charge in [-0.3, -0.25) is 0 Å². The Kier molecular flexibility index (Phi) is 6.28. The van der Waals surface area contributed by atoms with E-state index in [1.807, 2.05) is 17.8 Å². The Bertz CT molecular complexity index is 69.0. The van der Waals surface area contributed by atoms with Crippen LogP contribution in [0.5, 0.6) is 0 Å². The van der Waals surface area contributed by atoms with E-state index in [-0.39, 0.29) is 0 Å². The minimum atomic E-state index is 0.678. The molecule has 0 aromatic carbocycles. The lowest BCUT2D eigenvalue weighted by atomic mass is 10.1. The smallest absolute Gasteiger partial charge is 0.0135 e. The van der Waals surface area contributed by atoms with E-state index in [0.29, 0.717) is 5.92 Å². The van der Waals surface area contributed by atoms with Crippen molar-refractivity contribution >= 4 is 11.8 Å². The van der Waals surface area contributed by atoms with Crippen LogP contribution in [0.4, 0.5) is 0 Å². The van der Waals surface area contributed by atoms with Crippen molar-refractivity contribution in [3.8, 4) is 0 Å². The van der Waals surface area contributed by atoms with Crippen LogP contribution in [0.15, 0.2) is 12.7 Å². The molecule has 0 aromatic heterocycles. The lowest BCUT2D eigenvalue weighted by Gasteiger charge is -2.02. The zero-order valence-electron chi connectivity index (χ0n) is 6.26. The Labute approximate surface area is 62.7 Å². The Morgan fingerprint density at radius 3 is 2.78 bits per heavy atom. The molecule has 53 valence electrons. The van der Waals surface area contributed by atoms with Crippen molar-refractivity contribution in [1.82, 2.24) is 0 Å². The Morgan fingerprint density at radius 2 is 2.33 bits per heavy atom. The first-order valence-corrected chi connectivity index (χ1v) is 4.38. The van der Waals surface area contributed by atoms with Crippen molar-refractivity contribution in [1.29, 1.82) is 0 Å². The van der Waals surface area contributed by atoms with Gasteiger partial charge in [0.05, 0.1) is 0 Å². The summed E-state index contributed by atoms with van der Waals surface area (Å²) in [7, 11) is 0. The average Bonchev–Trinajstić information content (AvgIpc) is 1.89. The molecule has 0 fully saturated rings. The highest BCUT2D eigenvalue weighted by atomic mass is 32.2. The molecule has 0 amide bonds. The summed E-state index contributed by atoms with van der Waals surface area (Å²) in [5.41, 5.74) is 0. The van der Waals surface area contributed by atoms with Gasteiger partial charge in [0.15, 0.2) is 0 Å². The molecule has 0 bridgehead atoms. The van der Waals surface area contributed by atoms with E-state index in [9.17, 15) is 0 Å². The molecular weight excluding hydrogens is 128 g/mol. The van der Waals surface area contributed by atoms with E-state index >= 15 is 0 Å². The molecule has 0 spiro atoms. The second-order valence-electron chi connectivity index (χ2n) is 2.11. The molecule has 0 aliphatic carbocycles. The molecule has 0 saturated heterocycles. The summed E-state index contributed by atoms with van der Waals surface area (Å²) in [5.74, 6) is 4.04. The van der Waals surface area contributed by atoms with Gasteiger partial charge in [0.2, 0.25) is 0 Å². The standard InChI is InChI=1S/C8H15S/c1-4-8(3)6-7-9-5-2/h4-5,8H,1,6-7H2,2-3H3. The van der Waals surface area contributed by atoms with Crippen LogP contribution < -0.4 is 0 Å². The Morgan fingerprint density at radius 1 is 1.67 bits per heavy atom. The summed E-state index contributed by atoms with van der Waals surface area (Å²) >= 11 is 1.88. The van der Waals surface area contributed by atoms with Gasteiger partial charge in [-0.25, -0.2) is 0 Å². The monoisotopic (exact) mass is 143 g/mol. The van der Waals surface area contributed by atoms with Crippen LogP contribution in [0.25, 0.3) is 0 Å². The minimum Gasteiger partial charge on any atom is -0.158 e. The summed E-state index contributed by atoms with van der Waals surface area (Å²) in [6.07, 6.45) is 3.26. The number of thioether (sulfide) groups is 1. The van der Waals surface area contributed by atoms with Gasteiger partial charge in [-0.15, -0.1) is 6.58 Å². The lowest BCUT2D eigenvalue weighted by molar-refractivity contribution is 0.708. The molecule has 0 aromatic rings. The zero-order valence-corrected chi connectivity index (χ0v) is 7.08. The van der Waals surface area contributed by atoms with Crippen molar-refractivity contribution in [3.05, 3.63) is 18.4 Å². The van der Waals surface area contributed by atoms with Crippen molar-refractivity contribution in [2.24, 2.45) is 5.92 Å². The molecule has 1 unspecified atom stereocenters. The predicted molar refractivity (Wildman–Crippen MR) is 46.4 cm³/mol. The summed E-state index contributed by atoms with van der Waals surface area (Å²) in [6, 6.07) is 0. The topological polar surface area (TPSA) is 0 Å². The van der Waals surface area contributed by atoms with Crippen LogP contribution in [0.2, 0.25) is 0 Å². The van der Waals surface area contributed by atoms with Gasteiger partial charge in [0, 0.05) is 5.75 Å². The van der Waals surface area contributed by atoms with E-state index < -0.39 is 0 Å². The van der Waals surface area contributed by atoms with Gasteiger partial charge in [-0.2, -0.15) is 11.8 Å². The van der Waals surface area contributed by atoms with Crippen molar-refractivity contribution in [3.63, 3.8) is 0 Å². The Hall–Kier alpha value is 0.0900. The molecule has 0 rings (SSSR count). The lowest BCUT2D eigenvalue weighted by Crippen LogP contribution is -1.89. The van der Waals surface area contributed by atoms with E-state index in [0.717, 1.165) is 0 Å². The van der Waals surface area contributed by atoms with E-state index in [1.54, 1.807) is 0 Å². The van der Waals surface area contributed by atoms with Crippen LogP contribution in [0, 0.1) is 11.7 Å². The molecule has 0 aliphatic heterocycles. The van der Waals surface area contributed by atoms with Crippen LogP contribution in [0.1, 0.15) is 20.3 Å². The van der Waals surface area contributed by atoms with Crippen molar-refractivity contribution in [2.45, 2.75) is 20.3 Å². The highest BCUT2D eigenvalue weighted by molar-refractivity contribution is 8.01. The number of hydrogen-bond acceptors (Lipinski definition) is 1. The zero-order chi connectivity index (χ0) is 7.11. The molecule has 0 saturated carbocycles. The predicted octanol–water partition coefficient (Wildman–Crippen LogP) is 3.11. The fourth-order valence-electron chi connectivity index (χ4n) is 0.490. The minimum absolute atomic E-state index is 0.678. The van der Waals surface area contributed by atoms with Crippen molar-refractivity contribution < 1.29 is 0 Å². The fourth-order valence-corrected chi connectivity index (χ4v) is 1.23. The highest BCUT2D eigenvalue weighted by Crippen LogP contribution is 2.11. The summed E-state index contributed by atoms with van der Waals surface area (Å²) in [5, 5.41) is 0. The van der Waals surface area contributed by atoms with E-state index in [2.05, 4.69) is 26.2 Å². The number of hydrogen-bond donors (Lipinski definition) is 0. The first kappa shape index (κ1) is 9.09. The Balaban J connectivity index is 2.96. The third-order valence-corrected chi connectivity index (χ3v) is 2.06. The van der Waals surface area contributed by atoms with Crippen molar-refractivity contribution in [2.75, 3.05) is 5.75 Å². The largest absolute Gasteiger partial charge is 0.158 e. The van der Waals surface area contributed by atoms with Gasteiger partial charge in [0.25, 0.3) is 0 Å². The fraction of sp³-hybridized carbons (Fsp3) is 0.625. The molecular formula is C8H15S. The normalized spacial score (nSPS) is 13.1. The molecule has 9 heavy (non-hydrogen) atoms. The summed E-state index contributed by atoms with van der Waals surface area (Å²) < 4.78 is 0. The highest BCUT2D eigenvalue weighted by Gasteiger charge is 1.93. The van der Waals surface area contributed by atoms with Crippen LogP contribution in [-0.4, -0.2) is 5.75 Å². The number of rotatable bonds is 5. The first-order valence-electron chi connectivity index (χ1n) is 3.33. The maximum Gasteiger partial charge on any atom is 0.0135 e. The van der Waals surface area contributed by atoms with Crippen LogP contribution in [-0.2, 0) is 0 Å². The van der Waals surface area contributed by atoms with Crippen LogP contribution in [0.3, 0.4) is 0 Å². The third-order valence-electron chi connectivity index (χ3n) is 1.26. The number of allylic oxidation sites excluding steroid dienone is 1. The molecule has 0 N–H and O–H groups in total. The quantitative estimate of drug-likeness (QED) is 0.421. The van der Waals surface area contributed by atoms with Gasteiger partial charge in [-0.1, -0.05) is 19.9 Å². The second kappa shape index (κ2) is 6.21. The molecule has 1 heteroatoms. The van der Waals surface area contributed by atoms with Gasteiger partial charge in [0.1, 0.15) is 0 Å². The first-order chi connectivity index (χ1) is 4.31. The third kappa shape index (κ3) is 5.97. The van der Waals surface area contributed by atoms with Crippen LogP contribution >= 0.6 is 11.8 Å². The molecule has 0 aliphatic rings. The molecule has 1 atom stereocenters. The summed E-state index contributed by atoms with van der Waals surface area (Å²) in [6.45, 7) is 7.99. The maximum atomic E-state index is 3.72. The molecule has 0 heterocycles. The SMILES string of the molecule is C=CC(C)CCS[CH]C. The summed E-state index contributed by atoms with van der Waals surface area (Å²) in [4.78, 5) is 0. The molecule has 1 radical (unpaired) electrons. The van der Waals surface area contributed by atoms with Gasteiger partial charge < -0.3 is 0 Å². The second-order valence-corrected chi connectivity index (χ2v) is 3.32. The molecule has 0 nitrogen and oxygen atoms in total. The van der Waals surface area contributed by atoms with E-state index in [4.69, 9.17) is 0 Å². The van der Waals surface area contributed by atoms with Gasteiger partial charge in [-0.05, 0) is 18.1 Å². The average molecular weight is 143 g/mol. The maximum absolute atomic E-state index is 3.72. The van der Waals surface area contributed by atoms with E-state index in [1.165, 1.54) is 12.2 Å².